The van der Waals surface area contributed by atoms with Crippen molar-refractivity contribution in [2.45, 2.75) is 154 Å². The van der Waals surface area contributed by atoms with Crippen molar-refractivity contribution in [2.75, 3.05) is 0 Å². The SMILES string of the molecule is CCc1ccc(-c2ccc(C(CC)(CC)c3ccc(C#CC(O)(C(F)(F)F)C(F)(F)F)c(C)c3)cc2C)cc1.CCc1ccc(-c2ccc(C(CC)(CC)c3ccc(C#CC(O)(C(F)(F)F)C(F)(F)F)c(C)c3)cc2C)cc1.O=C=O.O=C=O. The van der Waals surface area contributed by atoms with E-state index < -0.39 is 46.7 Å². The number of hydrogen-bond acceptors (Lipinski definition) is 6. The fraction of sp³-hybridized carbons (Fsp3) is 0.364. The second kappa shape index (κ2) is 28.7. The molecule has 84 heavy (non-hydrogen) atoms. The molecule has 0 spiro atoms. The number of alkyl halides is 12. The van der Waals surface area contributed by atoms with E-state index in [0.717, 1.165) is 106 Å². The Hall–Kier alpha value is -7.72. The Bertz CT molecular complexity index is 3130. The van der Waals surface area contributed by atoms with Crippen LogP contribution in [0.2, 0.25) is 0 Å². The molecular weight excluding hydrogens is 1120 g/mol. The van der Waals surface area contributed by atoms with E-state index in [9.17, 15) is 62.9 Å². The predicted molar refractivity (Wildman–Crippen MR) is 295 cm³/mol. The largest absolute Gasteiger partial charge is 0.438 e. The first-order chi connectivity index (χ1) is 39.1. The molecule has 6 aromatic carbocycles. The molecule has 6 aromatic rings. The first-order valence-electron chi connectivity index (χ1n) is 26.5. The van der Waals surface area contributed by atoms with E-state index in [1.165, 1.54) is 23.3 Å². The van der Waals surface area contributed by atoms with Gasteiger partial charge in [0.25, 0.3) is 0 Å². The van der Waals surface area contributed by atoms with Crippen LogP contribution in [-0.2, 0) is 42.8 Å². The summed E-state index contributed by atoms with van der Waals surface area (Å²) in [6, 6.07) is 39.2. The minimum Gasteiger partial charge on any atom is -0.363 e. The molecule has 0 radical (unpaired) electrons. The van der Waals surface area contributed by atoms with Gasteiger partial charge in [0.2, 0.25) is 0 Å². The van der Waals surface area contributed by atoms with Crippen LogP contribution < -0.4 is 0 Å². The molecule has 0 bridgehead atoms. The van der Waals surface area contributed by atoms with Gasteiger partial charge in [-0.2, -0.15) is 71.9 Å². The van der Waals surface area contributed by atoms with Crippen LogP contribution >= 0.6 is 0 Å². The molecule has 6 rings (SSSR count). The van der Waals surface area contributed by atoms with Crippen molar-refractivity contribution >= 4 is 12.3 Å². The molecule has 18 heteroatoms. The van der Waals surface area contributed by atoms with E-state index in [4.69, 9.17) is 19.2 Å². The molecule has 0 saturated carbocycles. The Morgan fingerprint density at radius 1 is 0.357 bits per heavy atom. The quantitative estimate of drug-likeness (QED) is 0.0933. The zero-order valence-corrected chi connectivity index (χ0v) is 47.9. The number of carbonyl (C=O) groups excluding carboxylic acids is 4. The molecule has 0 aromatic heterocycles. The normalized spacial score (nSPS) is 12.0. The van der Waals surface area contributed by atoms with Crippen LogP contribution in [0.25, 0.3) is 22.3 Å². The fourth-order valence-electron chi connectivity index (χ4n) is 10.0. The average Bonchev–Trinajstić information content (AvgIpc) is 2.30. The maximum Gasteiger partial charge on any atom is 0.438 e. The summed E-state index contributed by atoms with van der Waals surface area (Å²) < 4.78 is 156. The third-order valence-electron chi connectivity index (χ3n) is 15.3. The summed E-state index contributed by atoms with van der Waals surface area (Å²) >= 11 is 0. The molecule has 0 unspecified atom stereocenters. The highest BCUT2D eigenvalue weighted by atomic mass is 19.4. The molecule has 0 atom stereocenters. The topological polar surface area (TPSA) is 109 Å². The lowest BCUT2D eigenvalue weighted by Gasteiger charge is -2.34. The number of hydrogen-bond donors (Lipinski definition) is 2. The number of aryl methyl sites for hydroxylation is 6. The lowest BCUT2D eigenvalue weighted by Crippen LogP contribution is -2.55. The second-order valence-electron chi connectivity index (χ2n) is 19.9. The van der Waals surface area contributed by atoms with Gasteiger partial charge < -0.3 is 10.2 Å². The van der Waals surface area contributed by atoms with Crippen LogP contribution in [0, 0.1) is 51.4 Å². The van der Waals surface area contributed by atoms with Crippen molar-refractivity contribution in [3.8, 4) is 45.9 Å². The van der Waals surface area contributed by atoms with E-state index in [2.05, 4.69) is 113 Å². The highest BCUT2D eigenvalue weighted by Crippen LogP contribution is 2.46. The van der Waals surface area contributed by atoms with Gasteiger partial charge in [-0.1, -0.05) is 163 Å². The molecular formula is C66H64F12O6. The number of rotatable bonds is 12. The number of benzene rings is 6. The molecule has 0 heterocycles. The summed E-state index contributed by atoms with van der Waals surface area (Å²) in [4.78, 5) is 32.5. The fourth-order valence-corrected chi connectivity index (χ4v) is 10.0. The Balaban J connectivity index is 0.000000402. The van der Waals surface area contributed by atoms with Gasteiger partial charge in [-0.3, -0.25) is 0 Å². The lowest BCUT2D eigenvalue weighted by atomic mass is 9.69. The van der Waals surface area contributed by atoms with Crippen LogP contribution in [0.4, 0.5) is 52.7 Å². The summed E-state index contributed by atoms with van der Waals surface area (Å²) in [7, 11) is 0. The van der Waals surface area contributed by atoms with Crippen molar-refractivity contribution in [1.82, 2.24) is 0 Å². The van der Waals surface area contributed by atoms with E-state index in [1.807, 2.05) is 39.5 Å². The standard InChI is InChI=1S/2C32H32F6O.2CO2/c2*1-6-23-9-11-25(12-10-23)28-16-15-27(20-22(28)5)29(7-2,8-3)26-14-13-24(21(4)19-26)17-18-30(39,31(33,34)35)32(36,37)38;2*2-1-3/h2*9-16,19-20,39H,6-8H2,1-5H3;;. The Labute approximate surface area is 481 Å². The van der Waals surface area contributed by atoms with Crippen molar-refractivity contribution in [2.24, 2.45) is 0 Å². The monoisotopic (exact) mass is 1180 g/mol. The molecule has 0 amide bonds. The molecule has 2 N–H and O–H groups in total. The van der Waals surface area contributed by atoms with Gasteiger partial charge in [0.1, 0.15) is 0 Å². The van der Waals surface area contributed by atoms with E-state index in [-0.39, 0.29) is 23.4 Å². The van der Waals surface area contributed by atoms with Gasteiger partial charge in [-0.25, -0.2) is 0 Å². The van der Waals surface area contributed by atoms with Crippen LogP contribution in [0.15, 0.2) is 121 Å². The molecule has 0 aliphatic rings. The zero-order valence-electron chi connectivity index (χ0n) is 47.9. The van der Waals surface area contributed by atoms with Gasteiger partial charge in [0.15, 0.2) is 0 Å². The van der Waals surface area contributed by atoms with Crippen LogP contribution in [0.3, 0.4) is 0 Å². The Morgan fingerprint density at radius 3 is 0.798 bits per heavy atom. The van der Waals surface area contributed by atoms with Crippen LogP contribution in [-0.4, -0.2) is 58.4 Å². The van der Waals surface area contributed by atoms with Gasteiger partial charge in [-0.05, 0) is 168 Å². The Morgan fingerprint density at radius 2 is 0.595 bits per heavy atom. The molecule has 0 fully saturated rings. The number of halogens is 12. The van der Waals surface area contributed by atoms with Crippen molar-refractivity contribution in [3.05, 3.63) is 188 Å². The van der Waals surface area contributed by atoms with Crippen LogP contribution in [0.5, 0.6) is 0 Å². The minimum atomic E-state index is -5.99. The molecule has 0 saturated heterocycles. The predicted octanol–water partition coefficient (Wildman–Crippen LogP) is 16.5. The van der Waals surface area contributed by atoms with Gasteiger partial charge in [0.05, 0.1) is 0 Å². The average molecular weight is 1180 g/mol. The molecule has 0 aliphatic carbocycles. The first-order valence-corrected chi connectivity index (χ1v) is 26.5. The molecule has 6 nitrogen and oxygen atoms in total. The third-order valence-corrected chi connectivity index (χ3v) is 15.3. The maximum absolute atomic E-state index is 13.0. The lowest BCUT2D eigenvalue weighted by molar-refractivity contribution is -0.344. The van der Waals surface area contributed by atoms with E-state index in [0.29, 0.717) is 11.1 Å². The summed E-state index contributed by atoms with van der Waals surface area (Å²) in [5, 5.41) is 18.8. The molecule has 448 valence electrons. The summed E-state index contributed by atoms with van der Waals surface area (Å²) in [5.74, 6) is 5.93. The van der Waals surface area contributed by atoms with Crippen molar-refractivity contribution in [3.63, 3.8) is 0 Å². The van der Waals surface area contributed by atoms with Gasteiger partial charge in [-0.15, -0.1) is 0 Å². The molecule has 0 aliphatic heterocycles. The van der Waals surface area contributed by atoms with Crippen LogP contribution in [0.1, 0.15) is 134 Å². The first kappa shape index (κ1) is 70.5. The third kappa shape index (κ3) is 15.5. The van der Waals surface area contributed by atoms with E-state index >= 15 is 0 Å². The van der Waals surface area contributed by atoms with Crippen molar-refractivity contribution in [1.29, 1.82) is 0 Å². The van der Waals surface area contributed by atoms with E-state index in [1.54, 1.807) is 38.1 Å². The van der Waals surface area contributed by atoms with Crippen molar-refractivity contribution < 1.29 is 82.1 Å². The number of aliphatic hydroxyl groups is 2. The van der Waals surface area contributed by atoms with Gasteiger partial charge >= 0.3 is 48.2 Å². The summed E-state index contributed by atoms with van der Waals surface area (Å²) in [5.41, 5.74) is 2.81. The smallest absolute Gasteiger partial charge is 0.363 e. The second-order valence-corrected chi connectivity index (χ2v) is 19.9. The summed E-state index contributed by atoms with van der Waals surface area (Å²) in [6.07, 6.45) is -18.7. The minimum absolute atomic E-state index is 0.0196. The summed E-state index contributed by atoms with van der Waals surface area (Å²) in [6.45, 7) is 19.7. The zero-order chi connectivity index (χ0) is 63.9. The highest BCUT2D eigenvalue weighted by Gasteiger charge is 2.71. The highest BCUT2D eigenvalue weighted by molar-refractivity contribution is 5.70. The Kier molecular flexibility index (Phi) is 24.1. The van der Waals surface area contributed by atoms with Gasteiger partial charge in [0, 0.05) is 22.0 Å². The maximum atomic E-state index is 13.0.